The first-order valence-corrected chi connectivity index (χ1v) is 15.5. The van der Waals surface area contributed by atoms with E-state index in [1.165, 1.54) is 0 Å². The van der Waals surface area contributed by atoms with Gasteiger partial charge in [-0.1, -0.05) is 30.3 Å². The maximum absolute atomic E-state index is 14.1. The molecule has 2 aliphatic heterocycles. The molecule has 2 saturated heterocycles. The van der Waals surface area contributed by atoms with Crippen LogP contribution >= 0.6 is 0 Å². The smallest absolute Gasteiger partial charge is 0.305 e. The van der Waals surface area contributed by atoms with Gasteiger partial charge in [0.25, 0.3) is 5.91 Å². The lowest BCUT2D eigenvalue weighted by Crippen LogP contribution is -2.57. The minimum absolute atomic E-state index is 0.000475. The zero-order valence-electron chi connectivity index (χ0n) is 25.5. The van der Waals surface area contributed by atoms with Crippen LogP contribution in [0.4, 0.5) is 0 Å². The first kappa shape index (κ1) is 31.7. The Labute approximate surface area is 251 Å². The maximum Gasteiger partial charge on any atom is 0.305 e. The topological polar surface area (TPSA) is 85.4 Å². The third kappa shape index (κ3) is 8.00. The summed E-state index contributed by atoms with van der Waals surface area (Å²) >= 11 is 0. The van der Waals surface area contributed by atoms with Crippen molar-refractivity contribution in [3.63, 3.8) is 0 Å². The van der Waals surface area contributed by atoms with E-state index in [-0.39, 0.29) is 35.8 Å². The number of nitrogens with one attached hydrogen (secondary N) is 1. The van der Waals surface area contributed by atoms with Crippen LogP contribution in [-0.2, 0) is 9.53 Å². The Balaban J connectivity index is 1.64. The molecule has 2 aromatic carbocycles. The van der Waals surface area contributed by atoms with Crippen molar-refractivity contribution in [3.8, 4) is 5.75 Å². The van der Waals surface area contributed by atoms with E-state index in [0.717, 1.165) is 56.7 Å². The van der Waals surface area contributed by atoms with Crippen LogP contribution in [0.25, 0.3) is 0 Å². The second kappa shape index (κ2) is 15.3. The molecule has 0 radical (unpaired) electrons. The van der Waals surface area contributed by atoms with Crippen molar-refractivity contribution in [3.05, 3.63) is 77.9 Å². The van der Waals surface area contributed by atoms with Crippen LogP contribution in [0.5, 0.6) is 5.75 Å². The number of nitrogens with zero attached hydrogens (tertiary/aromatic N) is 3. The van der Waals surface area contributed by atoms with E-state index in [9.17, 15) is 14.7 Å². The summed E-state index contributed by atoms with van der Waals surface area (Å²) in [6.45, 7) is 15.5. The van der Waals surface area contributed by atoms with Gasteiger partial charge in [0.1, 0.15) is 5.75 Å². The average Bonchev–Trinajstić information content (AvgIpc) is 2.98. The predicted molar refractivity (Wildman–Crippen MR) is 167 cm³/mol. The number of piperidine rings is 1. The first-order valence-electron chi connectivity index (χ1n) is 15.5. The Kier molecular flexibility index (Phi) is 11.6. The lowest BCUT2D eigenvalue weighted by Gasteiger charge is -2.47. The van der Waals surface area contributed by atoms with Gasteiger partial charge in [-0.05, 0) is 88.5 Å². The number of phenolic OH excluding ortho intramolecular Hbond substituents is 1. The van der Waals surface area contributed by atoms with E-state index < -0.39 is 0 Å². The van der Waals surface area contributed by atoms with E-state index in [1.54, 1.807) is 6.07 Å². The molecule has 1 amide bonds. The van der Waals surface area contributed by atoms with Gasteiger partial charge in [0.05, 0.1) is 12.6 Å². The summed E-state index contributed by atoms with van der Waals surface area (Å²) in [7, 11) is 0. The summed E-state index contributed by atoms with van der Waals surface area (Å²) in [4.78, 5) is 33.1. The molecule has 2 aliphatic rings. The summed E-state index contributed by atoms with van der Waals surface area (Å²) in [6, 6.07) is 16.1. The Morgan fingerprint density at radius 2 is 1.81 bits per heavy atom. The van der Waals surface area contributed by atoms with E-state index in [2.05, 4.69) is 47.7 Å². The molecule has 0 aliphatic carbocycles. The number of amides is 1. The lowest BCUT2D eigenvalue weighted by atomic mass is 9.92. The molecule has 2 fully saturated rings. The van der Waals surface area contributed by atoms with E-state index in [0.29, 0.717) is 37.6 Å². The molecule has 3 atom stereocenters. The minimum Gasteiger partial charge on any atom is -0.508 e. The fraction of sp³-hybridized carbons (Fsp3) is 0.529. The van der Waals surface area contributed by atoms with Gasteiger partial charge in [0.2, 0.25) is 0 Å². The van der Waals surface area contributed by atoms with Crippen LogP contribution in [0.3, 0.4) is 0 Å². The van der Waals surface area contributed by atoms with Gasteiger partial charge >= 0.3 is 5.97 Å². The highest BCUT2D eigenvalue weighted by atomic mass is 16.5. The highest BCUT2D eigenvalue weighted by Crippen LogP contribution is 2.35. The number of benzene rings is 2. The molecule has 4 rings (SSSR count). The molecule has 2 N–H and O–H groups in total. The number of phenols is 1. The van der Waals surface area contributed by atoms with Crippen molar-refractivity contribution >= 4 is 11.9 Å². The molecular weight excluding hydrogens is 528 g/mol. The number of ether oxygens (including phenoxy) is 1. The van der Waals surface area contributed by atoms with Gasteiger partial charge in [0.15, 0.2) is 0 Å². The zero-order valence-corrected chi connectivity index (χ0v) is 25.5. The van der Waals surface area contributed by atoms with Crippen molar-refractivity contribution in [2.45, 2.75) is 70.6 Å². The number of carbonyl (C=O) groups excluding carboxylic acids is 2. The summed E-state index contributed by atoms with van der Waals surface area (Å²) in [5.74, 6) is 0.0107. The molecule has 8 nitrogen and oxygen atoms in total. The molecule has 8 heteroatoms. The van der Waals surface area contributed by atoms with Crippen molar-refractivity contribution in [2.24, 2.45) is 0 Å². The summed E-state index contributed by atoms with van der Waals surface area (Å²) in [6.07, 6.45) is 4.62. The maximum atomic E-state index is 14.1. The zero-order chi connectivity index (χ0) is 30.1. The van der Waals surface area contributed by atoms with Crippen LogP contribution in [0.1, 0.15) is 74.0 Å². The summed E-state index contributed by atoms with van der Waals surface area (Å²) < 4.78 is 5.12. The molecule has 2 heterocycles. The van der Waals surface area contributed by atoms with Gasteiger partial charge < -0.3 is 20.1 Å². The average molecular weight is 577 g/mol. The predicted octanol–water partition coefficient (Wildman–Crippen LogP) is 4.60. The lowest BCUT2D eigenvalue weighted by molar-refractivity contribution is -0.143. The Bertz CT molecular complexity index is 1200. The molecule has 0 spiro atoms. The van der Waals surface area contributed by atoms with Gasteiger partial charge in [-0.3, -0.25) is 19.4 Å². The number of piperazine rings is 1. The molecule has 0 bridgehead atoms. The monoisotopic (exact) mass is 576 g/mol. The molecule has 0 saturated carbocycles. The van der Waals surface area contributed by atoms with E-state index in [4.69, 9.17) is 4.74 Å². The molecule has 0 unspecified atom stereocenters. The second-order valence-electron chi connectivity index (χ2n) is 11.6. The standard InChI is InChI=1S/C34H48N4O4/c1-5-19-36-23-26(4)38(24-25(36)3)33(28-11-8-13-31(39)22-28)27-10-7-12-29(21-27)34(41)37(30-15-17-35-18-16-30)20-9-14-32(40)42-6-2/h5,7-8,10-13,21-22,25-26,30,33,35,39H,1,6,9,14-20,23-24H2,2-4H3/t25-,26+,33-/m1/s1. The van der Waals surface area contributed by atoms with Gasteiger partial charge in [-0.15, -0.1) is 6.58 Å². The number of aromatic hydroxyl groups is 1. The number of hydrogen-bond acceptors (Lipinski definition) is 7. The second-order valence-corrected chi connectivity index (χ2v) is 11.6. The SMILES string of the molecule is C=CCN1C[C@H](C)N([C@@H](c2cccc(O)c2)c2cccc(C(=O)N(CCCC(=O)OCC)C3CCNCC3)c2)C[C@H]1C. The molecular formula is C34H48N4O4. The van der Waals surface area contributed by atoms with E-state index >= 15 is 0 Å². The minimum atomic E-state index is -0.220. The number of hydrogen-bond donors (Lipinski definition) is 2. The summed E-state index contributed by atoms with van der Waals surface area (Å²) in [5, 5.41) is 13.8. The van der Waals surface area contributed by atoms with Crippen molar-refractivity contribution < 1.29 is 19.4 Å². The van der Waals surface area contributed by atoms with Crippen LogP contribution < -0.4 is 5.32 Å². The fourth-order valence-electron chi connectivity index (χ4n) is 6.48. The third-order valence-electron chi connectivity index (χ3n) is 8.59. The number of esters is 1. The van der Waals surface area contributed by atoms with Crippen LogP contribution in [-0.4, -0.2) is 95.7 Å². The molecule has 228 valence electrons. The van der Waals surface area contributed by atoms with Crippen LogP contribution in [0.15, 0.2) is 61.2 Å². The Morgan fingerprint density at radius 3 is 2.50 bits per heavy atom. The van der Waals surface area contributed by atoms with Crippen molar-refractivity contribution in [1.82, 2.24) is 20.0 Å². The van der Waals surface area contributed by atoms with Gasteiger partial charge in [-0.25, -0.2) is 0 Å². The molecule has 2 aromatic rings. The Morgan fingerprint density at radius 1 is 1.10 bits per heavy atom. The fourth-order valence-corrected chi connectivity index (χ4v) is 6.48. The van der Waals surface area contributed by atoms with E-state index in [1.807, 2.05) is 48.2 Å². The van der Waals surface area contributed by atoms with Crippen LogP contribution in [0, 0.1) is 0 Å². The molecule has 0 aromatic heterocycles. The molecule has 42 heavy (non-hydrogen) atoms. The Hall–Kier alpha value is -3.20. The van der Waals surface area contributed by atoms with Gasteiger partial charge in [-0.2, -0.15) is 0 Å². The van der Waals surface area contributed by atoms with Crippen molar-refractivity contribution in [1.29, 1.82) is 0 Å². The number of carbonyl (C=O) groups is 2. The third-order valence-corrected chi connectivity index (χ3v) is 8.59. The van der Waals surface area contributed by atoms with Crippen molar-refractivity contribution in [2.75, 3.05) is 45.9 Å². The largest absolute Gasteiger partial charge is 0.508 e. The first-order chi connectivity index (χ1) is 20.3. The highest BCUT2D eigenvalue weighted by molar-refractivity contribution is 5.94. The normalized spacial score (nSPS) is 21.0. The summed E-state index contributed by atoms with van der Waals surface area (Å²) in [5.41, 5.74) is 2.68. The number of rotatable bonds is 12. The highest BCUT2D eigenvalue weighted by Gasteiger charge is 2.35. The quantitative estimate of drug-likeness (QED) is 0.282. The van der Waals surface area contributed by atoms with Crippen LogP contribution in [0.2, 0.25) is 0 Å². The van der Waals surface area contributed by atoms with Gasteiger partial charge in [0, 0.05) is 56.3 Å².